The Balaban J connectivity index is 1.81. The lowest BCUT2D eigenvalue weighted by Gasteiger charge is -2.36. The Bertz CT molecular complexity index is 519. The molecule has 6 heteroatoms. The predicted octanol–water partition coefficient (Wildman–Crippen LogP) is 1.41. The van der Waals surface area contributed by atoms with Gasteiger partial charge in [-0.15, -0.1) is 0 Å². The van der Waals surface area contributed by atoms with Crippen LogP contribution in [0.1, 0.15) is 12.8 Å². The number of halogens is 1. The van der Waals surface area contributed by atoms with Gasteiger partial charge in [-0.1, -0.05) is 11.6 Å². The zero-order chi connectivity index (χ0) is 14.1. The Morgan fingerprint density at radius 3 is 2.95 bits per heavy atom. The zero-order valence-corrected chi connectivity index (χ0v) is 11.9. The summed E-state index contributed by atoms with van der Waals surface area (Å²) in [6, 6.07) is 5.38. The number of rotatable bonds is 3. The Kier molecular flexibility index (Phi) is 3.72. The SMILES string of the molecule is Nc1ccc(N2CCOCC2C(=O)NC2CC2)c(Cl)c1. The van der Waals surface area contributed by atoms with Gasteiger partial charge in [-0.3, -0.25) is 4.79 Å². The first kappa shape index (κ1) is 13.5. The molecule has 0 radical (unpaired) electrons. The summed E-state index contributed by atoms with van der Waals surface area (Å²) in [5.41, 5.74) is 7.17. The Hall–Kier alpha value is -1.46. The Morgan fingerprint density at radius 2 is 2.25 bits per heavy atom. The van der Waals surface area contributed by atoms with Crippen LogP contribution in [0.5, 0.6) is 0 Å². The van der Waals surface area contributed by atoms with Gasteiger partial charge in [-0.25, -0.2) is 0 Å². The van der Waals surface area contributed by atoms with E-state index in [0.717, 1.165) is 18.5 Å². The van der Waals surface area contributed by atoms with Crippen LogP contribution < -0.4 is 16.0 Å². The number of hydrogen-bond acceptors (Lipinski definition) is 4. The van der Waals surface area contributed by atoms with Crippen molar-refractivity contribution < 1.29 is 9.53 Å². The lowest BCUT2D eigenvalue weighted by atomic mass is 10.1. The maximum atomic E-state index is 12.3. The van der Waals surface area contributed by atoms with E-state index in [1.807, 2.05) is 11.0 Å². The third kappa shape index (κ3) is 2.83. The van der Waals surface area contributed by atoms with Crippen molar-refractivity contribution in [1.29, 1.82) is 0 Å². The number of amides is 1. The van der Waals surface area contributed by atoms with Crippen LogP contribution in [0.25, 0.3) is 0 Å². The maximum absolute atomic E-state index is 12.3. The van der Waals surface area contributed by atoms with Crippen LogP contribution in [-0.4, -0.2) is 37.7 Å². The first-order valence-electron chi connectivity index (χ1n) is 6.85. The molecule has 0 aromatic heterocycles. The maximum Gasteiger partial charge on any atom is 0.245 e. The molecular formula is C14H18ClN3O2. The number of nitrogens with zero attached hydrogens (tertiary/aromatic N) is 1. The number of carbonyl (C=O) groups excluding carboxylic acids is 1. The van der Waals surface area contributed by atoms with Crippen LogP contribution in [0, 0.1) is 0 Å². The van der Waals surface area contributed by atoms with Crippen molar-refractivity contribution in [1.82, 2.24) is 5.32 Å². The van der Waals surface area contributed by atoms with Crippen molar-refractivity contribution in [3.8, 4) is 0 Å². The van der Waals surface area contributed by atoms with E-state index in [-0.39, 0.29) is 11.9 Å². The molecule has 3 rings (SSSR count). The molecule has 1 aliphatic carbocycles. The monoisotopic (exact) mass is 295 g/mol. The van der Waals surface area contributed by atoms with Crippen molar-refractivity contribution >= 4 is 28.9 Å². The lowest BCUT2D eigenvalue weighted by Crippen LogP contribution is -2.54. The lowest BCUT2D eigenvalue weighted by molar-refractivity contribution is -0.124. The highest BCUT2D eigenvalue weighted by Gasteiger charge is 2.33. The quantitative estimate of drug-likeness (QED) is 0.827. The molecule has 1 heterocycles. The van der Waals surface area contributed by atoms with Crippen molar-refractivity contribution in [2.45, 2.75) is 24.9 Å². The molecule has 20 heavy (non-hydrogen) atoms. The van der Waals surface area contributed by atoms with Gasteiger partial charge < -0.3 is 20.7 Å². The third-order valence-corrected chi connectivity index (χ3v) is 3.94. The number of morpholine rings is 1. The van der Waals surface area contributed by atoms with Gasteiger partial charge in [0, 0.05) is 18.3 Å². The van der Waals surface area contributed by atoms with Gasteiger partial charge in [0.2, 0.25) is 5.91 Å². The second-order valence-electron chi connectivity index (χ2n) is 5.28. The van der Waals surface area contributed by atoms with E-state index in [1.54, 1.807) is 12.1 Å². The van der Waals surface area contributed by atoms with Crippen LogP contribution in [-0.2, 0) is 9.53 Å². The van der Waals surface area contributed by atoms with Crippen LogP contribution in [0.2, 0.25) is 5.02 Å². The number of nitrogens with one attached hydrogen (secondary N) is 1. The van der Waals surface area contributed by atoms with E-state index in [4.69, 9.17) is 22.1 Å². The average Bonchev–Trinajstić information content (AvgIpc) is 3.23. The van der Waals surface area contributed by atoms with Gasteiger partial charge in [-0.2, -0.15) is 0 Å². The molecule has 0 bridgehead atoms. The summed E-state index contributed by atoms with van der Waals surface area (Å²) in [6.07, 6.45) is 2.14. The summed E-state index contributed by atoms with van der Waals surface area (Å²) in [5.74, 6) is 0.0140. The van der Waals surface area contributed by atoms with Gasteiger partial charge in [0.05, 0.1) is 23.9 Å². The molecule has 1 saturated heterocycles. The van der Waals surface area contributed by atoms with Crippen LogP contribution in [0.4, 0.5) is 11.4 Å². The van der Waals surface area contributed by atoms with Crippen LogP contribution in [0.15, 0.2) is 18.2 Å². The van der Waals surface area contributed by atoms with Crippen molar-refractivity contribution in [3.05, 3.63) is 23.2 Å². The summed E-state index contributed by atoms with van der Waals surface area (Å²) in [7, 11) is 0. The molecule has 108 valence electrons. The molecule has 1 amide bonds. The number of benzene rings is 1. The molecule has 5 nitrogen and oxygen atoms in total. The fraction of sp³-hybridized carbons (Fsp3) is 0.500. The Labute approximate surface area is 123 Å². The number of hydrogen-bond donors (Lipinski definition) is 2. The summed E-state index contributed by atoms with van der Waals surface area (Å²) < 4.78 is 5.45. The van der Waals surface area contributed by atoms with Crippen molar-refractivity contribution in [2.75, 3.05) is 30.4 Å². The van der Waals surface area contributed by atoms with E-state index in [9.17, 15) is 4.79 Å². The van der Waals surface area contributed by atoms with Gasteiger partial charge in [-0.05, 0) is 31.0 Å². The Morgan fingerprint density at radius 1 is 1.45 bits per heavy atom. The predicted molar refractivity (Wildman–Crippen MR) is 79.0 cm³/mol. The standard InChI is InChI=1S/C14H18ClN3O2/c15-11-7-9(16)1-4-12(11)18-5-6-20-8-13(18)14(19)17-10-2-3-10/h1,4,7,10,13H,2-3,5-6,8,16H2,(H,17,19). The zero-order valence-electron chi connectivity index (χ0n) is 11.1. The van der Waals surface area contributed by atoms with E-state index in [0.29, 0.717) is 36.5 Å². The highest BCUT2D eigenvalue weighted by Crippen LogP contribution is 2.30. The smallest absolute Gasteiger partial charge is 0.245 e. The van der Waals surface area contributed by atoms with Crippen LogP contribution in [0.3, 0.4) is 0 Å². The summed E-state index contributed by atoms with van der Waals surface area (Å²) in [5, 5.41) is 3.59. The molecular weight excluding hydrogens is 278 g/mol. The number of ether oxygens (including phenoxy) is 1. The highest BCUT2D eigenvalue weighted by molar-refractivity contribution is 6.33. The van der Waals surface area contributed by atoms with Crippen molar-refractivity contribution in [2.24, 2.45) is 0 Å². The molecule has 2 aliphatic rings. The average molecular weight is 296 g/mol. The van der Waals surface area contributed by atoms with Gasteiger partial charge in [0.25, 0.3) is 0 Å². The van der Waals surface area contributed by atoms with E-state index in [2.05, 4.69) is 5.32 Å². The topological polar surface area (TPSA) is 67.6 Å². The summed E-state index contributed by atoms with van der Waals surface area (Å²) >= 11 is 6.26. The van der Waals surface area contributed by atoms with E-state index >= 15 is 0 Å². The minimum Gasteiger partial charge on any atom is -0.399 e. The van der Waals surface area contributed by atoms with Crippen LogP contribution >= 0.6 is 11.6 Å². The largest absolute Gasteiger partial charge is 0.399 e. The first-order chi connectivity index (χ1) is 9.65. The molecule has 1 saturated carbocycles. The molecule has 1 aromatic rings. The summed E-state index contributed by atoms with van der Waals surface area (Å²) in [6.45, 7) is 1.62. The second-order valence-corrected chi connectivity index (χ2v) is 5.69. The molecule has 1 aromatic carbocycles. The molecule has 0 spiro atoms. The molecule has 1 aliphatic heterocycles. The molecule has 2 fully saturated rings. The highest BCUT2D eigenvalue weighted by atomic mass is 35.5. The second kappa shape index (κ2) is 5.50. The molecule has 1 atom stereocenters. The fourth-order valence-electron chi connectivity index (χ4n) is 2.39. The third-order valence-electron chi connectivity index (χ3n) is 3.64. The minimum atomic E-state index is -0.328. The normalized spacial score (nSPS) is 22.6. The van der Waals surface area contributed by atoms with Crippen molar-refractivity contribution in [3.63, 3.8) is 0 Å². The van der Waals surface area contributed by atoms with E-state index < -0.39 is 0 Å². The van der Waals surface area contributed by atoms with E-state index in [1.165, 1.54) is 0 Å². The van der Waals surface area contributed by atoms with Gasteiger partial charge >= 0.3 is 0 Å². The van der Waals surface area contributed by atoms with Gasteiger partial charge in [0.1, 0.15) is 6.04 Å². The fourth-order valence-corrected chi connectivity index (χ4v) is 2.69. The number of carbonyl (C=O) groups is 1. The number of nitrogen functional groups attached to an aromatic ring is 1. The minimum absolute atomic E-state index is 0.0140. The number of nitrogens with two attached hydrogens (primary N) is 1. The first-order valence-corrected chi connectivity index (χ1v) is 7.23. The number of anilines is 2. The van der Waals surface area contributed by atoms with Gasteiger partial charge in [0.15, 0.2) is 0 Å². The summed E-state index contributed by atoms with van der Waals surface area (Å²) in [4.78, 5) is 14.3. The molecule has 3 N–H and O–H groups in total. The molecule has 1 unspecified atom stereocenters.